The summed E-state index contributed by atoms with van der Waals surface area (Å²) in [7, 11) is 0. The lowest BCUT2D eigenvalue weighted by molar-refractivity contribution is 1.11. The molecule has 0 atom stereocenters. The topological polar surface area (TPSA) is 17.8 Å². The van der Waals surface area contributed by atoms with Crippen LogP contribution in [0.2, 0.25) is 0 Å². The van der Waals surface area contributed by atoms with E-state index in [9.17, 15) is 0 Å². The van der Waals surface area contributed by atoms with E-state index < -0.39 is 0 Å². The van der Waals surface area contributed by atoms with E-state index in [1.54, 1.807) is 11.3 Å². The number of benzene rings is 6. The average molecular weight is 543 g/mol. The fraction of sp³-hybridized carbons (Fsp3) is 0.0263. The number of aryl methyl sites for hydroxylation is 1. The van der Waals surface area contributed by atoms with Crippen molar-refractivity contribution >= 4 is 43.2 Å². The van der Waals surface area contributed by atoms with Crippen LogP contribution in [0.5, 0.6) is 0 Å². The molecule has 0 saturated carbocycles. The van der Waals surface area contributed by atoms with Gasteiger partial charge in [0.25, 0.3) is 0 Å². The Bertz CT molecular complexity index is 2150. The van der Waals surface area contributed by atoms with Gasteiger partial charge in [-0.25, -0.2) is 4.98 Å². The van der Waals surface area contributed by atoms with Crippen molar-refractivity contribution in [2.75, 3.05) is 0 Å². The molecule has 6 aromatic carbocycles. The SMILES string of the molecule is Cc1ccc2cc3c(-c4nc5ccccc5n4-c4c(-c5ccccc5)cccc4-c4ccccc4)csc3cc2c1. The summed E-state index contributed by atoms with van der Waals surface area (Å²) in [5.41, 5.74) is 10.4. The molecular formula is C38H26N2S. The zero-order valence-corrected chi connectivity index (χ0v) is 23.4. The predicted molar refractivity (Wildman–Crippen MR) is 175 cm³/mol. The molecule has 2 heterocycles. The number of aromatic nitrogens is 2. The van der Waals surface area contributed by atoms with Crippen LogP contribution in [0.25, 0.3) is 71.2 Å². The highest BCUT2D eigenvalue weighted by molar-refractivity contribution is 7.17. The van der Waals surface area contributed by atoms with Crippen LogP contribution in [0.1, 0.15) is 5.56 Å². The zero-order valence-electron chi connectivity index (χ0n) is 22.6. The first-order valence-corrected chi connectivity index (χ1v) is 14.8. The molecule has 0 spiro atoms. The predicted octanol–water partition coefficient (Wildman–Crippen LogP) is 10.7. The number of rotatable bonds is 4. The lowest BCUT2D eigenvalue weighted by Crippen LogP contribution is -2.03. The van der Waals surface area contributed by atoms with Gasteiger partial charge in [-0.2, -0.15) is 0 Å². The van der Waals surface area contributed by atoms with Gasteiger partial charge < -0.3 is 0 Å². The van der Waals surface area contributed by atoms with E-state index in [2.05, 4.69) is 150 Å². The standard InChI is InChI=1S/C38H26N2S/c1-25-19-20-28-22-32-33(24-41-36(32)23-29(28)21-25)38-39-34-17-8-9-18-35(34)40(38)37-30(26-11-4-2-5-12-26)15-10-16-31(37)27-13-6-3-7-14-27/h2-24H,1H3. The number of thiophene rings is 1. The first-order chi connectivity index (χ1) is 20.2. The Kier molecular flexibility index (Phi) is 5.58. The third-order valence-corrected chi connectivity index (χ3v) is 8.86. The van der Waals surface area contributed by atoms with Crippen LogP contribution in [0, 0.1) is 6.92 Å². The van der Waals surface area contributed by atoms with E-state index >= 15 is 0 Å². The van der Waals surface area contributed by atoms with E-state index in [4.69, 9.17) is 4.98 Å². The van der Waals surface area contributed by atoms with E-state index in [0.717, 1.165) is 28.1 Å². The lowest BCUT2D eigenvalue weighted by Gasteiger charge is -2.19. The average Bonchev–Trinajstić information content (AvgIpc) is 3.61. The number of nitrogens with zero attached hydrogens (tertiary/aromatic N) is 2. The molecule has 0 unspecified atom stereocenters. The summed E-state index contributed by atoms with van der Waals surface area (Å²) in [6.07, 6.45) is 0. The third kappa shape index (κ3) is 3.97. The molecule has 0 aliphatic carbocycles. The molecule has 8 aromatic rings. The quantitative estimate of drug-likeness (QED) is 0.216. The number of hydrogen-bond donors (Lipinski definition) is 0. The number of para-hydroxylation sites is 3. The molecule has 0 aliphatic heterocycles. The van der Waals surface area contributed by atoms with Crippen molar-refractivity contribution in [3.05, 3.63) is 144 Å². The van der Waals surface area contributed by atoms with Crippen LogP contribution < -0.4 is 0 Å². The van der Waals surface area contributed by atoms with Gasteiger partial charge in [0.15, 0.2) is 0 Å². The van der Waals surface area contributed by atoms with Crippen molar-refractivity contribution in [3.8, 4) is 39.3 Å². The number of fused-ring (bicyclic) bond motifs is 3. The summed E-state index contributed by atoms with van der Waals surface area (Å²) < 4.78 is 3.66. The second-order valence-electron chi connectivity index (χ2n) is 10.5. The van der Waals surface area contributed by atoms with E-state index in [1.807, 2.05) is 0 Å². The minimum atomic E-state index is 0.962. The van der Waals surface area contributed by atoms with Crippen LogP contribution >= 0.6 is 11.3 Å². The summed E-state index contributed by atoms with van der Waals surface area (Å²) in [6, 6.07) is 47.9. The largest absolute Gasteiger partial charge is 0.291 e. The van der Waals surface area contributed by atoms with Gasteiger partial charge in [0, 0.05) is 32.2 Å². The molecule has 0 fully saturated rings. The maximum atomic E-state index is 5.32. The number of imidazole rings is 1. The summed E-state index contributed by atoms with van der Waals surface area (Å²) in [6.45, 7) is 2.15. The van der Waals surface area contributed by atoms with Gasteiger partial charge in [0.1, 0.15) is 5.82 Å². The van der Waals surface area contributed by atoms with Crippen molar-refractivity contribution in [3.63, 3.8) is 0 Å². The smallest absolute Gasteiger partial charge is 0.147 e. The van der Waals surface area contributed by atoms with Gasteiger partial charge in [0.05, 0.1) is 16.7 Å². The summed E-state index contributed by atoms with van der Waals surface area (Å²) in [4.78, 5) is 5.32. The Morgan fingerprint density at radius 2 is 1.27 bits per heavy atom. The Balaban J connectivity index is 1.49. The molecule has 0 radical (unpaired) electrons. The molecule has 194 valence electrons. The van der Waals surface area contributed by atoms with Crippen molar-refractivity contribution in [1.29, 1.82) is 0 Å². The molecule has 8 rings (SSSR count). The molecule has 0 N–H and O–H groups in total. The van der Waals surface area contributed by atoms with Crippen LogP contribution in [-0.4, -0.2) is 9.55 Å². The highest BCUT2D eigenvalue weighted by Gasteiger charge is 2.23. The Morgan fingerprint density at radius 1 is 0.585 bits per heavy atom. The highest BCUT2D eigenvalue weighted by atomic mass is 32.1. The molecule has 3 heteroatoms. The zero-order chi connectivity index (χ0) is 27.3. The van der Waals surface area contributed by atoms with Gasteiger partial charge in [-0.3, -0.25) is 4.57 Å². The minimum absolute atomic E-state index is 0.962. The maximum absolute atomic E-state index is 5.32. The monoisotopic (exact) mass is 542 g/mol. The Hall–Kier alpha value is -4.99. The molecular weight excluding hydrogens is 516 g/mol. The first kappa shape index (κ1) is 23.9. The molecule has 0 saturated heterocycles. The highest BCUT2D eigenvalue weighted by Crippen LogP contribution is 2.43. The Morgan fingerprint density at radius 3 is 2.00 bits per heavy atom. The molecule has 2 aromatic heterocycles. The van der Waals surface area contributed by atoms with Crippen LogP contribution in [-0.2, 0) is 0 Å². The molecule has 0 aliphatic rings. The van der Waals surface area contributed by atoms with Crippen molar-refractivity contribution in [2.24, 2.45) is 0 Å². The van der Waals surface area contributed by atoms with Gasteiger partial charge >= 0.3 is 0 Å². The number of hydrogen-bond acceptors (Lipinski definition) is 2. The fourth-order valence-corrected chi connectivity index (χ4v) is 6.95. The minimum Gasteiger partial charge on any atom is -0.291 e. The van der Waals surface area contributed by atoms with Crippen LogP contribution in [0.4, 0.5) is 0 Å². The van der Waals surface area contributed by atoms with Crippen molar-refractivity contribution in [2.45, 2.75) is 6.92 Å². The molecule has 0 bridgehead atoms. The first-order valence-electron chi connectivity index (χ1n) is 13.9. The van der Waals surface area contributed by atoms with Gasteiger partial charge in [-0.15, -0.1) is 11.3 Å². The third-order valence-electron chi connectivity index (χ3n) is 7.92. The summed E-state index contributed by atoms with van der Waals surface area (Å²) in [5.74, 6) is 0.962. The van der Waals surface area contributed by atoms with Crippen molar-refractivity contribution in [1.82, 2.24) is 9.55 Å². The molecule has 0 amide bonds. The summed E-state index contributed by atoms with van der Waals surface area (Å²) in [5, 5.41) is 6.04. The lowest BCUT2D eigenvalue weighted by atomic mass is 9.95. The van der Waals surface area contributed by atoms with Crippen molar-refractivity contribution < 1.29 is 0 Å². The Labute approximate surface area is 242 Å². The van der Waals surface area contributed by atoms with Crippen LogP contribution in [0.3, 0.4) is 0 Å². The van der Waals surface area contributed by atoms with E-state index in [0.29, 0.717) is 0 Å². The second-order valence-corrected chi connectivity index (χ2v) is 11.5. The molecule has 41 heavy (non-hydrogen) atoms. The van der Waals surface area contributed by atoms with E-state index in [1.165, 1.54) is 48.7 Å². The van der Waals surface area contributed by atoms with Gasteiger partial charge in [0.2, 0.25) is 0 Å². The van der Waals surface area contributed by atoms with Crippen LogP contribution in [0.15, 0.2) is 139 Å². The maximum Gasteiger partial charge on any atom is 0.147 e. The molecule has 2 nitrogen and oxygen atoms in total. The van der Waals surface area contributed by atoms with E-state index in [-0.39, 0.29) is 0 Å². The normalized spacial score (nSPS) is 11.5. The van der Waals surface area contributed by atoms with Gasteiger partial charge in [-0.1, -0.05) is 115 Å². The second kappa shape index (κ2) is 9.58. The fourth-order valence-electron chi connectivity index (χ4n) is 5.98. The van der Waals surface area contributed by atoms with Gasteiger partial charge in [-0.05, 0) is 53.1 Å². The summed E-state index contributed by atoms with van der Waals surface area (Å²) >= 11 is 1.79.